The van der Waals surface area contributed by atoms with E-state index >= 15 is 0 Å². The van der Waals surface area contributed by atoms with Crippen LogP contribution >= 0.6 is 23.2 Å². The summed E-state index contributed by atoms with van der Waals surface area (Å²) in [5, 5.41) is 10.2. The van der Waals surface area contributed by atoms with E-state index < -0.39 is 0 Å². The number of rotatable bonds is 1. The van der Waals surface area contributed by atoms with Gasteiger partial charge >= 0.3 is 0 Å². The first-order valence-corrected chi connectivity index (χ1v) is 6.72. The molecule has 20 heavy (non-hydrogen) atoms. The first kappa shape index (κ1) is 13.0. The summed E-state index contributed by atoms with van der Waals surface area (Å²) in [4.78, 5) is 6.12. The number of anilines is 2. The van der Waals surface area contributed by atoms with Crippen molar-refractivity contribution in [1.29, 1.82) is 5.26 Å². The molecule has 6 heteroatoms. The number of benzene rings is 1. The zero-order valence-electron chi connectivity index (χ0n) is 10.4. The second-order valence-corrected chi connectivity index (χ2v) is 5.35. The van der Waals surface area contributed by atoms with Crippen LogP contribution in [0.15, 0.2) is 24.4 Å². The van der Waals surface area contributed by atoms with Crippen molar-refractivity contribution in [1.82, 2.24) is 4.98 Å². The molecule has 2 heterocycles. The number of nitrogens with two attached hydrogens (primary N) is 1. The van der Waals surface area contributed by atoms with Gasteiger partial charge in [0.2, 0.25) is 0 Å². The summed E-state index contributed by atoms with van der Waals surface area (Å²) < 4.78 is 0. The molecule has 0 atom stereocenters. The molecular weight excluding hydrogens is 295 g/mol. The van der Waals surface area contributed by atoms with Crippen LogP contribution in [-0.2, 0) is 13.1 Å². The van der Waals surface area contributed by atoms with Crippen LogP contribution in [0.3, 0.4) is 0 Å². The Balaban J connectivity index is 2.03. The Kier molecular flexibility index (Phi) is 3.17. The SMILES string of the molecule is N#Cc1c(N)ncc2c1CN(c1cccc(Cl)c1Cl)C2. The summed E-state index contributed by atoms with van der Waals surface area (Å²) in [5.74, 6) is 0.269. The van der Waals surface area contributed by atoms with Crippen LogP contribution in [-0.4, -0.2) is 4.98 Å². The molecule has 1 aromatic carbocycles. The highest BCUT2D eigenvalue weighted by molar-refractivity contribution is 6.43. The number of nitrogen functional groups attached to an aromatic ring is 1. The summed E-state index contributed by atoms with van der Waals surface area (Å²) >= 11 is 12.3. The number of hydrogen-bond donors (Lipinski definition) is 1. The molecule has 4 nitrogen and oxygen atoms in total. The van der Waals surface area contributed by atoms with Crippen LogP contribution < -0.4 is 10.6 Å². The molecule has 0 bridgehead atoms. The van der Waals surface area contributed by atoms with Gasteiger partial charge in [-0.2, -0.15) is 5.26 Å². The summed E-state index contributed by atoms with van der Waals surface area (Å²) in [7, 11) is 0. The molecule has 0 amide bonds. The monoisotopic (exact) mass is 304 g/mol. The third kappa shape index (κ3) is 1.96. The van der Waals surface area contributed by atoms with Crippen molar-refractivity contribution >= 4 is 34.7 Å². The van der Waals surface area contributed by atoms with E-state index in [0.717, 1.165) is 16.8 Å². The Labute approximate surface area is 126 Å². The van der Waals surface area contributed by atoms with E-state index in [1.54, 1.807) is 12.3 Å². The fourth-order valence-corrected chi connectivity index (χ4v) is 2.82. The van der Waals surface area contributed by atoms with Gasteiger partial charge in [0.05, 0.1) is 21.3 Å². The van der Waals surface area contributed by atoms with Crippen LogP contribution in [0.5, 0.6) is 0 Å². The number of fused-ring (bicyclic) bond motifs is 1. The van der Waals surface area contributed by atoms with Crippen LogP contribution in [0, 0.1) is 11.3 Å². The molecule has 0 radical (unpaired) electrons. The van der Waals surface area contributed by atoms with Gasteiger partial charge in [-0.1, -0.05) is 29.3 Å². The third-order valence-electron chi connectivity index (χ3n) is 3.40. The number of nitrogens with zero attached hydrogens (tertiary/aromatic N) is 3. The summed E-state index contributed by atoms with van der Waals surface area (Å²) in [6.07, 6.45) is 1.71. The normalized spacial score (nSPS) is 13.2. The standard InChI is InChI=1S/C14H10Cl2N4/c15-11-2-1-3-12(13(11)16)20-6-8-5-19-14(18)9(4-17)10(8)7-20/h1-3,5H,6-7H2,(H2,18,19). The van der Waals surface area contributed by atoms with Gasteiger partial charge in [-0.3, -0.25) is 0 Å². The van der Waals surface area contributed by atoms with Crippen molar-refractivity contribution in [2.75, 3.05) is 10.6 Å². The fraction of sp³-hybridized carbons (Fsp3) is 0.143. The van der Waals surface area contributed by atoms with Gasteiger partial charge < -0.3 is 10.6 Å². The smallest absolute Gasteiger partial charge is 0.141 e. The van der Waals surface area contributed by atoms with Gasteiger partial charge in [-0.15, -0.1) is 0 Å². The van der Waals surface area contributed by atoms with Crippen molar-refractivity contribution in [3.8, 4) is 6.07 Å². The largest absolute Gasteiger partial charge is 0.383 e. The van der Waals surface area contributed by atoms with Crippen LogP contribution in [0.2, 0.25) is 10.0 Å². The second-order valence-electron chi connectivity index (χ2n) is 4.56. The maximum absolute atomic E-state index is 9.20. The summed E-state index contributed by atoms with van der Waals surface area (Å²) in [6, 6.07) is 7.62. The van der Waals surface area contributed by atoms with Crippen LogP contribution in [0.25, 0.3) is 0 Å². The van der Waals surface area contributed by atoms with E-state index in [2.05, 4.69) is 16.0 Å². The molecule has 0 saturated heterocycles. The Morgan fingerprint density at radius 1 is 1.30 bits per heavy atom. The van der Waals surface area contributed by atoms with E-state index in [-0.39, 0.29) is 5.82 Å². The molecule has 0 unspecified atom stereocenters. The average molecular weight is 305 g/mol. The molecule has 3 rings (SSSR count). The van der Waals surface area contributed by atoms with Crippen molar-refractivity contribution in [3.63, 3.8) is 0 Å². The Bertz CT molecular complexity index is 737. The number of aromatic nitrogens is 1. The zero-order valence-corrected chi connectivity index (χ0v) is 11.9. The number of pyridine rings is 1. The van der Waals surface area contributed by atoms with E-state index in [9.17, 15) is 5.26 Å². The second kappa shape index (κ2) is 4.86. The fourth-order valence-electron chi connectivity index (χ4n) is 2.41. The maximum atomic E-state index is 9.20. The minimum atomic E-state index is 0.269. The number of halogens is 2. The lowest BCUT2D eigenvalue weighted by Gasteiger charge is -2.19. The van der Waals surface area contributed by atoms with Crippen LogP contribution in [0.4, 0.5) is 11.5 Å². The molecule has 100 valence electrons. The van der Waals surface area contributed by atoms with E-state index in [4.69, 9.17) is 28.9 Å². The maximum Gasteiger partial charge on any atom is 0.141 e. The molecule has 1 aromatic heterocycles. The van der Waals surface area contributed by atoms with Gasteiger partial charge in [0.25, 0.3) is 0 Å². The lowest BCUT2D eigenvalue weighted by molar-refractivity contribution is 0.879. The van der Waals surface area contributed by atoms with Gasteiger partial charge in [-0.05, 0) is 23.3 Å². The molecule has 2 aromatic rings. The van der Waals surface area contributed by atoms with Gasteiger partial charge in [0.1, 0.15) is 11.9 Å². The summed E-state index contributed by atoms with van der Waals surface area (Å²) in [6.45, 7) is 1.21. The Hall–Kier alpha value is -1.96. The minimum Gasteiger partial charge on any atom is -0.383 e. The number of nitriles is 1. The van der Waals surface area contributed by atoms with Crippen molar-refractivity contribution in [2.24, 2.45) is 0 Å². The molecule has 2 N–H and O–H groups in total. The highest BCUT2D eigenvalue weighted by Crippen LogP contribution is 2.37. The molecule has 0 aliphatic carbocycles. The highest BCUT2D eigenvalue weighted by atomic mass is 35.5. The molecule has 1 aliphatic heterocycles. The average Bonchev–Trinajstić information content (AvgIpc) is 2.85. The van der Waals surface area contributed by atoms with Crippen molar-refractivity contribution in [2.45, 2.75) is 13.1 Å². The molecule has 0 fully saturated rings. The van der Waals surface area contributed by atoms with Crippen molar-refractivity contribution < 1.29 is 0 Å². The van der Waals surface area contributed by atoms with E-state index in [1.165, 1.54) is 0 Å². The molecule has 0 saturated carbocycles. The zero-order chi connectivity index (χ0) is 14.3. The lowest BCUT2D eigenvalue weighted by Crippen LogP contribution is -2.15. The van der Waals surface area contributed by atoms with Crippen LogP contribution in [0.1, 0.15) is 16.7 Å². The third-order valence-corrected chi connectivity index (χ3v) is 4.21. The lowest BCUT2D eigenvalue weighted by atomic mass is 10.1. The van der Waals surface area contributed by atoms with Crippen molar-refractivity contribution in [3.05, 3.63) is 51.1 Å². The van der Waals surface area contributed by atoms with Gasteiger partial charge in [-0.25, -0.2) is 4.98 Å². The Morgan fingerprint density at radius 3 is 2.85 bits per heavy atom. The quantitative estimate of drug-likeness (QED) is 0.877. The predicted molar refractivity (Wildman–Crippen MR) is 79.7 cm³/mol. The summed E-state index contributed by atoms with van der Waals surface area (Å²) in [5.41, 5.74) is 8.94. The predicted octanol–water partition coefficient (Wildman–Crippen LogP) is 3.36. The number of hydrogen-bond acceptors (Lipinski definition) is 4. The molecule has 1 aliphatic rings. The minimum absolute atomic E-state index is 0.269. The first-order chi connectivity index (χ1) is 9.61. The van der Waals surface area contributed by atoms with Gasteiger partial charge in [0.15, 0.2) is 0 Å². The first-order valence-electron chi connectivity index (χ1n) is 5.97. The molecule has 0 spiro atoms. The molecular formula is C14H10Cl2N4. The topological polar surface area (TPSA) is 65.9 Å². The van der Waals surface area contributed by atoms with E-state index in [0.29, 0.717) is 28.7 Å². The van der Waals surface area contributed by atoms with E-state index in [1.807, 2.05) is 12.1 Å². The van der Waals surface area contributed by atoms with Gasteiger partial charge in [0, 0.05) is 19.3 Å². The Morgan fingerprint density at radius 2 is 2.10 bits per heavy atom. The highest BCUT2D eigenvalue weighted by Gasteiger charge is 2.25.